The van der Waals surface area contributed by atoms with Crippen LogP contribution >= 0.6 is 0 Å². The van der Waals surface area contributed by atoms with Crippen molar-refractivity contribution in [3.8, 4) is 5.75 Å². The van der Waals surface area contributed by atoms with Gasteiger partial charge in [-0.3, -0.25) is 14.4 Å². The van der Waals surface area contributed by atoms with E-state index in [1.807, 2.05) is 39.8 Å². The van der Waals surface area contributed by atoms with E-state index < -0.39 is 57.3 Å². The van der Waals surface area contributed by atoms with Gasteiger partial charge in [0.1, 0.15) is 22.8 Å². The van der Waals surface area contributed by atoms with Crippen LogP contribution in [0.3, 0.4) is 0 Å². The van der Waals surface area contributed by atoms with Crippen LogP contribution < -0.4 is 4.90 Å². The molecule has 0 radical (unpaired) electrons. The molecule has 8 nitrogen and oxygen atoms in total. The van der Waals surface area contributed by atoms with Gasteiger partial charge in [0.15, 0.2) is 17.2 Å². The largest absolute Gasteiger partial charge is 0.508 e. The lowest BCUT2D eigenvalue weighted by molar-refractivity contribution is -0.147. The van der Waals surface area contributed by atoms with Gasteiger partial charge < -0.3 is 25.3 Å². The van der Waals surface area contributed by atoms with E-state index in [4.69, 9.17) is 0 Å². The summed E-state index contributed by atoms with van der Waals surface area (Å²) in [7, 11) is 3.66. The number of carbonyl (C=O) groups excluding carboxylic acids is 3. The molecule has 1 saturated carbocycles. The Bertz CT molecular complexity index is 1220. The van der Waals surface area contributed by atoms with E-state index in [2.05, 4.69) is 0 Å². The molecular weight excluding hydrogens is 462 g/mol. The second kappa shape index (κ2) is 8.76. The first kappa shape index (κ1) is 25.9. The summed E-state index contributed by atoms with van der Waals surface area (Å²) < 4.78 is 0. The lowest BCUT2D eigenvalue weighted by Crippen LogP contribution is -2.58. The summed E-state index contributed by atoms with van der Waals surface area (Å²) in [4.78, 5) is 41.8. The normalized spacial score (nSPS) is 25.9. The fourth-order valence-electron chi connectivity index (χ4n) is 6.35. The topological polar surface area (TPSA) is 135 Å². The first-order valence-electron chi connectivity index (χ1n) is 12.5. The number of hydrogen-bond donors (Lipinski definition) is 4. The Balaban J connectivity index is 1.83. The first-order valence-corrected chi connectivity index (χ1v) is 12.5. The van der Waals surface area contributed by atoms with Crippen molar-refractivity contribution in [2.75, 3.05) is 19.0 Å². The second-order valence-electron chi connectivity index (χ2n) is 11.4. The van der Waals surface area contributed by atoms with Gasteiger partial charge in [0.25, 0.3) is 0 Å². The van der Waals surface area contributed by atoms with Crippen LogP contribution in [0.25, 0.3) is 5.76 Å². The smallest absolute Gasteiger partial charge is 0.202 e. The van der Waals surface area contributed by atoms with Gasteiger partial charge in [-0.05, 0) is 48.3 Å². The molecule has 0 unspecified atom stereocenters. The highest BCUT2D eigenvalue weighted by Crippen LogP contribution is 2.53. The Morgan fingerprint density at radius 3 is 2.42 bits per heavy atom. The van der Waals surface area contributed by atoms with E-state index in [-0.39, 0.29) is 36.1 Å². The predicted molar refractivity (Wildman–Crippen MR) is 135 cm³/mol. The Labute approximate surface area is 210 Å². The van der Waals surface area contributed by atoms with Gasteiger partial charge in [0.2, 0.25) is 5.78 Å². The number of benzene rings is 1. The minimum absolute atomic E-state index is 0.00789. The van der Waals surface area contributed by atoms with E-state index in [0.29, 0.717) is 12.0 Å². The zero-order valence-electron chi connectivity index (χ0n) is 21.5. The number of Topliss-reactive ketones (excluding diaryl/α,β-unsaturated/α-hetero) is 3. The molecular formula is C28H35NO7. The van der Waals surface area contributed by atoms with Crippen molar-refractivity contribution < 1.29 is 34.8 Å². The first-order chi connectivity index (χ1) is 16.7. The number of phenolic OH excluding ortho intramolecular Hbond substituents is 1. The molecule has 0 spiro atoms. The number of allylic oxidation sites excluding steroid dienone is 1. The van der Waals surface area contributed by atoms with Gasteiger partial charge in [-0.15, -0.1) is 0 Å². The van der Waals surface area contributed by atoms with Gasteiger partial charge in [-0.25, -0.2) is 0 Å². The van der Waals surface area contributed by atoms with Gasteiger partial charge >= 0.3 is 0 Å². The standard InChI is InChI=1S/C28H35NO7/c1-6-9-27(2,3)13-20(32)23-19(31)12-15-10-14-11-16-17(29(4)5)7-8-18(30)22(16)24(33)21(14)25(34)28(15,36)26(23)35/h7-8,14-15,30,33,35-36H,6,9-13H2,1-5H3/t14-,15+,28+/m1/s1. The average molecular weight is 498 g/mol. The number of rotatable bonds is 6. The van der Waals surface area contributed by atoms with Crippen molar-refractivity contribution in [1.82, 2.24) is 0 Å². The molecule has 0 aromatic heterocycles. The maximum absolute atomic E-state index is 13.8. The van der Waals surface area contributed by atoms with Crippen LogP contribution in [0, 0.1) is 17.3 Å². The molecule has 3 atom stereocenters. The molecule has 1 aromatic rings. The third-order valence-corrected chi connectivity index (χ3v) is 8.00. The zero-order chi connectivity index (χ0) is 26.7. The molecule has 3 aliphatic rings. The highest BCUT2D eigenvalue weighted by Gasteiger charge is 2.60. The molecule has 36 heavy (non-hydrogen) atoms. The fourth-order valence-corrected chi connectivity index (χ4v) is 6.35. The summed E-state index contributed by atoms with van der Waals surface area (Å²) >= 11 is 0. The Kier molecular flexibility index (Phi) is 6.32. The molecule has 0 heterocycles. The molecule has 0 amide bonds. The van der Waals surface area contributed by atoms with Gasteiger partial charge in [0.05, 0.1) is 5.56 Å². The molecule has 194 valence electrons. The van der Waals surface area contributed by atoms with Crippen LogP contribution in [0.5, 0.6) is 5.75 Å². The van der Waals surface area contributed by atoms with Crippen molar-refractivity contribution in [1.29, 1.82) is 0 Å². The number of nitrogens with zero attached hydrogens (tertiary/aromatic N) is 1. The Morgan fingerprint density at radius 1 is 1.14 bits per heavy atom. The van der Waals surface area contributed by atoms with Crippen LogP contribution in [0.15, 0.2) is 29.0 Å². The van der Waals surface area contributed by atoms with Crippen molar-refractivity contribution in [3.05, 3.63) is 40.2 Å². The van der Waals surface area contributed by atoms with Gasteiger partial charge in [-0.1, -0.05) is 27.2 Å². The molecule has 0 saturated heterocycles. The maximum atomic E-state index is 13.8. The summed E-state index contributed by atoms with van der Waals surface area (Å²) in [5.41, 5.74) is -1.95. The number of fused-ring (bicyclic) bond motifs is 3. The zero-order valence-corrected chi connectivity index (χ0v) is 21.5. The maximum Gasteiger partial charge on any atom is 0.202 e. The highest BCUT2D eigenvalue weighted by atomic mass is 16.3. The van der Waals surface area contributed by atoms with Crippen molar-refractivity contribution in [3.63, 3.8) is 0 Å². The van der Waals surface area contributed by atoms with E-state index in [9.17, 15) is 34.8 Å². The number of aliphatic hydroxyl groups excluding tert-OH is 2. The third kappa shape index (κ3) is 3.82. The molecule has 1 aromatic carbocycles. The number of aliphatic hydroxyl groups is 3. The number of carbonyl (C=O) groups is 3. The molecule has 0 bridgehead atoms. The SMILES string of the molecule is CCCC(C)(C)CC(=O)C1=C(O)[C@@]2(O)C(=O)C3=C(O)c4c(O)ccc(N(C)C)c4C[C@H]3C[C@H]2CC1=O. The lowest BCUT2D eigenvalue weighted by Gasteiger charge is -2.46. The number of hydrogen-bond acceptors (Lipinski definition) is 8. The fraction of sp³-hybridized carbons (Fsp3) is 0.536. The average Bonchev–Trinajstić information content (AvgIpc) is 2.75. The molecule has 3 aliphatic carbocycles. The number of anilines is 1. The summed E-state index contributed by atoms with van der Waals surface area (Å²) in [6.07, 6.45) is 1.77. The predicted octanol–water partition coefficient (Wildman–Crippen LogP) is 3.79. The minimum atomic E-state index is -2.49. The van der Waals surface area contributed by atoms with Crippen LogP contribution in [0.4, 0.5) is 5.69 Å². The van der Waals surface area contributed by atoms with E-state index >= 15 is 0 Å². The third-order valence-electron chi connectivity index (χ3n) is 8.00. The van der Waals surface area contributed by atoms with Crippen LogP contribution in [0.1, 0.15) is 64.0 Å². The molecule has 4 rings (SSSR count). The van der Waals surface area contributed by atoms with E-state index in [0.717, 1.165) is 18.5 Å². The minimum Gasteiger partial charge on any atom is -0.508 e. The van der Waals surface area contributed by atoms with Crippen molar-refractivity contribution in [2.24, 2.45) is 17.3 Å². The van der Waals surface area contributed by atoms with E-state index in [1.54, 1.807) is 6.07 Å². The lowest BCUT2D eigenvalue weighted by atomic mass is 9.59. The number of aromatic hydroxyl groups is 1. The second-order valence-corrected chi connectivity index (χ2v) is 11.4. The quantitative estimate of drug-likeness (QED) is 0.436. The van der Waals surface area contributed by atoms with Crippen LogP contribution in [-0.4, -0.2) is 57.5 Å². The van der Waals surface area contributed by atoms with Crippen LogP contribution in [-0.2, 0) is 20.8 Å². The number of ketones is 3. The van der Waals surface area contributed by atoms with Crippen molar-refractivity contribution >= 4 is 28.8 Å². The number of phenols is 1. The summed E-state index contributed by atoms with van der Waals surface area (Å²) in [6.45, 7) is 5.77. The van der Waals surface area contributed by atoms with Gasteiger partial charge in [-0.2, -0.15) is 0 Å². The molecule has 4 N–H and O–H groups in total. The molecule has 0 aliphatic heterocycles. The summed E-state index contributed by atoms with van der Waals surface area (Å²) in [6, 6.07) is 3.16. The Hall–Kier alpha value is -3.13. The van der Waals surface area contributed by atoms with E-state index in [1.165, 1.54) is 6.07 Å². The van der Waals surface area contributed by atoms with Gasteiger partial charge in [0, 0.05) is 44.1 Å². The summed E-state index contributed by atoms with van der Waals surface area (Å²) in [5, 5.41) is 44.4. The Morgan fingerprint density at radius 2 is 1.81 bits per heavy atom. The summed E-state index contributed by atoms with van der Waals surface area (Å²) in [5.74, 6) is -5.11. The molecule has 1 fully saturated rings. The highest BCUT2D eigenvalue weighted by molar-refractivity contribution is 6.24. The van der Waals surface area contributed by atoms with Crippen molar-refractivity contribution in [2.45, 2.75) is 64.9 Å². The monoisotopic (exact) mass is 497 g/mol. The van der Waals surface area contributed by atoms with Crippen LogP contribution in [0.2, 0.25) is 0 Å². The molecule has 8 heteroatoms.